The van der Waals surface area contributed by atoms with Crippen LogP contribution in [0.1, 0.15) is 43.2 Å². The lowest BCUT2D eigenvalue weighted by atomic mass is 9.98. The molecule has 4 N–H and O–H groups in total. The van der Waals surface area contributed by atoms with Crippen molar-refractivity contribution >= 4 is 23.2 Å². The van der Waals surface area contributed by atoms with Crippen molar-refractivity contribution in [3.05, 3.63) is 102 Å². The Morgan fingerprint density at radius 1 is 0.486 bits per heavy atom. The molecular weight excluding hydrogens is 479 g/mol. The Morgan fingerprint density at radius 2 is 0.892 bits per heavy atom. The van der Waals surface area contributed by atoms with Gasteiger partial charge in [-0.3, -0.25) is 0 Å². The molecule has 5 heteroatoms. The molecule has 0 saturated heterocycles. The van der Waals surface area contributed by atoms with E-state index in [9.17, 15) is 20.4 Å². The van der Waals surface area contributed by atoms with E-state index in [1.807, 2.05) is 0 Å². The van der Waals surface area contributed by atoms with Crippen molar-refractivity contribution in [3.63, 3.8) is 0 Å². The zero-order valence-corrected chi connectivity index (χ0v) is 22.2. The summed E-state index contributed by atoms with van der Waals surface area (Å²) < 4.78 is 0. The van der Waals surface area contributed by atoms with Crippen LogP contribution < -0.4 is 15.9 Å². The van der Waals surface area contributed by atoms with E-state index in [1.165, 1.54) is 15.9 Å². The lowest BCUT2D eigenvalue weighted by Crippen LogP contribution is -2.33. The summed E-state index contributed by atoms with van der Waals surface area (Å²) >= 11 is 0. The second kappa shape index (κ2) is 12.2. The molecule has 0 aliphatic heterocycles. The second-order valence-electron chi connectivity index (χ2n) is 9.56. The molecule has 0 amide bonds. The van der Waals surface area contributed by atoms with E-state index in [4.69, 9.17) is 0 Å². The summed E-state index contributed by atoms with van der Waals surface area (Å²) in [6.45, 7) is 1.64. The van der Waals surface area contributed by atoms with Gasteiger partial charge in [-0.1, -0.05) is 67.4 Å². The molecule has 0 spiro atoms. The first kappa shape index (κ1) is 26.6. The molecule has 0 aromatic heterocycles. The maximum atomic E-state index is 10.2. The number of phenolic OH excluding ortho intramolecular Hbond substituents is 4. The number of hydrogen-bond acceptors (Lipinski definition) is 4. The maximum Gasteiger partial charge on any atom is 0.204 e. The van der Waals surface area contributed by atoms with Crippen molar-refractivity contribution in [3.8, 4) is 23.0 Å². The van der Waals surface area contributed by atoms with Gasteiger partial charge in [0.25, 0.3) is 0 Å². The predicted molar refractivity (Wildman–Crippen MR) is 155 cm³/mol. The molecule has 0 heterocycles. The van der Waals surface area contributed by atoms with Crippen molar-refractivity contribution in [2.24, 2.45) is 0 Å². The number of rotatable bonds is 11. The topological polar surface area (TPSA) is 80.9 Å². The molecule has 4 aromatic carbocycles. The minimum atomic E-state index is -1.80. The van der Waals surface area contributed by atoms with Crippen molar-refractivity contribution < 1.29 is 20.4 Å². The third-order valence-electron chi connectivity index (χ3n) is 7.28. The van der Waals surface area contributed by atoms with Crippen molar-refractivity contribution in [1.82, 2.24) is 0 Å². The Morgan fingerprint density at radius 3 is 1.38 bits per heavy atom. The van der Waals surface area contributed by atoms with Crippen LogP contribution in [0.5, 0.6) is 23.0 Å². The monoisotopic (exact) mass is 515 g/mol. The predicted octanol–water partition coefficient (Wildman–Crippen LogP) is 6.30. The van der Waals surface area contributed by atoms with Crippen LogP contribution in [0.4, 0.5) is 0 Å². The lowest BCUT2D eigenvalue weighted by Gasteiger charge is -2.27. The fraction of sp³-hybridized carbons (Fsp3) is 0.250. The molecule has 0 unspecified atom stereocenters. The Balaban J connectivity index is 1.45. The fourth-order valence-electron chi connectivity index (χ4n) is 5.23. The third kappa shape index (κ3) is 5.60. The number of aromatic hydroxyl groups is 4. The third-order valence-corrected chi connectivity index (χ3v) is 11.8. The summed E-state index contributed by atoms with van der Waals surface area (Å²) in [5.74, 6) is -2.02. The molecule has 192 valence electrons. The van der Waals surface area contributed by atoms with Gasteiger partial charge in [0.15, 0.2) is 11.5 Å². The summed E-state index contributed by atoms with van der Waals surface area (Å²) in [6.07, 6.45) is 6.72. The molecule has 0 fully saturated rings. The highest BCUT2D eigenvalue weighted by molar-refractivity contribution is 7.95. The van der Waals surface area contributed by atoms with Gasteiger partial charge in [0.1, 0.15) is 23.2 Å². The molecule has 0 atom stereocenters. The smallest absolute Gasteiger partial charge is 0.204 e. The Kier molecular flexibility index (Phi) is 8.74. The van der Waals surface area contributed by atoms with Crippen molar-refractivity contribution in [1.29, 1.82) is 0 Å². The molecule has 4 rings (SSSR count). The summed E-state index contributed by atoms with van der Waals surface area (Å²) in [6, 6.07) is 32.8. The van der Waals surface area contributed by atoms with Gasteiger partial charge in [-0.2, -0.15) is 0 Å². The van der Waals surface area contributed by atoms with Crippen LogP contribution in [0.2, 0.25) is 0 Å². The lowest BCUT2D eigenvalue weighted by molar-refractivity contribution is 0.341. The molecule has 0 aliphatic carbocycles. The van der Waals surface area contributed by atoms with Gasteiger partial charge in [-0.05, 0) is 69.0 Å². The van der Waals surface area contributed by atoms with Crippen LogP contribution in [0, 0.1) is 6.92 Å². The van der Waals surface area contributed by atoms with Gasteiger partial charge >= 0.3 is 0 Å². The van der Waals surface area contributed by atoms with Crippen LogP contribution in [-0.4, -0.2) is 26.6 Å². The van der Waals surface area contributed by atoms with Crippen LogP contribution in [0.15, 0.2) is 91.0 Å². The van der Waals surface area contributed by atoms with E-state index in [2.05, 4.69) is 91.0 Å². The Labute approximate surface area is 220 Å². The minimum absolute atomic E-state index is 0.337. The van der Waals surface area contributed by atoms with E-state index in [0.29, 0.717) is 17.5 Å². The first-order valence-corrected chi connectivity index (χ1v) is 14.9. The normalized spacial score (nSPS) is 11.5. The highest BCUT2D eigenvalue weighted by Crippen LogP contribution is 2.56. The molecular formula is C32H36O4P+. The van der Waals surface area contributed by atoms with Crippen molar-refractivity contribution in [2.75, 3.05) is 6.16 Å². The van der Waals surface area contributed by atoms with Gasteiger partial charge in [0.2, 0.25) is 11.5 Å². The number of hydrogen-bond donors (Lipinski definition) is 4. The molecule has 0 saturated carbocycles. The zero-order valence-electron chi connectivity index (χ0n) is 21.3. The number of benzene rings is 4. The molecule has 4 nitrogen and oxygen atoms in total. The maximum absolute atomic E-state index is 10.2. The Hall–Kier alpha value is -3.49. The SMILES string of the molecule is Cc1c(O)c(O)c(O)c(O)c1CCCCCCC[P+](c1ccccc1)(c1ccccc1)c1ccccc1. The van der Waals surface area contributed by atoms with Crippen LogP contribution >= 0.6 is 7.26 Å². The van der Waals surface area contributed by atoms with Crippen LogP contribution in [-0.2, 0) is 6.42 Å². The average molecular weight is 516 g/mol. The van der Waals surface area contributed by atoms with Gasteiger partial charge in [-0.15, -0.1) is 0 Å². The number of unbranched alkanes of at least 4 members (excludes halogenated alkanes) is 4. The summed E-state index contributed by atoms with van der Waals surface area (Å²) in [5.41, 5.74) is 0.908. The largest absolute Gasteiger partial charge is 0.504 e. The van der Waals surface area contributed by atoms with Crippen LogP contribution in [0.25, 0.3) is 0 Å². The standard InChI is InChI=1S/C32H35O4P/c1-24-28(30(34)32(36)31(35)29(24)33)22-14-3-2-4-15-23-37(25-16-8-5-9-17-25,26-18-10-6-11-19-26)27-20-12-7-13-21-27/h5-13,16-21H,2-4,14-15,22-23H2,1H3,(H3-,33,34,35,36)/p+1. The molecule has 0 bridgehead atoms. The summed E-state index contributed by atoms with van der Waals surface area (Å²) in [4.78, 5) is 0. The second-order valence-corrected chi connectivity index (χ2v) is 13.2. The van der Waals surface area contributed by atoms with E-state index < -0.39 is 18.8 Å². The quantitative estimate of drug-likeness (QED) is 0.0817. The molecule has 0 radical (unpaired) electrons. The first-order chi connectivity index (χ1) is 18.0. The molecule has 0 aliphatic rings. The van der Waals surface area contributed by atoms with Gasteiger partial charge in [0.05, 0.1) is 6.16 Å². The highest BCUT2D eigenvalue weighted by Gasteiger charge is 2.44. The fourth-order valence-corrected chi connectivity index (χ4v) is 9.64. The Bertz CT molecular complexity index is 1170. The average Bonchev–Trinajstić information content (AvgIpc) is 2.95. The first-order valence-electron chi connectivity index (χ1n) is 13.0. The van der Waals surface area contributed by atoms with Gasteiger partial charge < -0.3 is 20.4 Å². The highest BCUT2D eigenvalue weighted by atomic mass is 31.2. The molecule has 4 aromatic rings. The van der Waals surface area contributed by atoms with Crippen molar-refractivity contribution in [2.45, 2.75) is 45.4 Å². The van der Waals surface area contributed by atoms with E-state index in [-0.39, 0.29) is 11.5 Å². The molecule has 37 heavy (non-hydrogen) atoms. The summed E-state index contributed by atoms with van der Waals surface area (Å²) in [5, 5.41) is 44.0. The van der Waals surface area contributed by atoms with Gasteiger partial charge in [-0.25, -0.2) is 0 Å². The van der Waals surface area contributed by atoms with Gasteiger partial charge in [0, 0.05) is 11.1 Å². The minimum Gasteiger partial charge on any atom is -0.504 e. The number of phenols is 4. The van der Waals surface area contributed by atoms with E-state index in [1.54, 1.807) is 6.92 Å². The van der Waals surface area contributed by atoms with E-state index >= 15 is 0 Å². The summed E-state index contributed by atoms with van der Waals surface area (Å²) in [7, 11) is -1.80. The zero-order chi connectivity index (χ0) is 26.3. The van der Waals surface area contributed by atoms with E-state index in [0.717, 1.165) is 38.3 Å². The van der Waals surface area contributed by atoms with Crippen LogP contribution in [0.3, 0.4) is 0 Å².